The Morgan fingerprint density at radius 3 is 2.62 bits per heavy atom. The molecule has 1 amide bonds. The molecule has 0 radical (unpaired) electrons. The topological polar surface area (TPSA) is 61.4 Å². The van der Waals surface area contributed by atoms with Crippen molar-refractivity contribution in [2.75, 3.05) is 13.1 Å². The summed E-state index contributed by atoms with van der Waals surface area (Å²) >= 11 is 0. The first-order valence-corrected chi connectivity index (χ1v) is 6.44. The van der Waals surface area contributed by atoms with Crippen molar-refractivity contribution in [1.29, 1.82) is 0 Å². The molecule has 4 nitrogen and oxygen atoms in total. The SMILES string of the molecule is O=C(CNCC1CC1)N[C@@H]1CCCC[C@H]1O. The van der Waals surface area contributed by atoms with Crippen LogP contribution >= 0.6 is 0 Å². The minimum absolute atomic E-state index is 0.0200. The molecule has 0 aromatic heterocycles. The van der Waals surface area contributed by atoms with Crippen molar-refractivity contribution in [3.05, 3.63) is 0 Å². The number of rotatable bonds is 5. The van der Waals surface area contributed by atoms with Crippen LogP contribution in [0.3, 0.4) is 0 Å². The zero-order chi connectivity index (χ0) is 11.4. The van der Waals surface area contributed by atoms with Gasteiger partial charge in [-0.1, -0.05) is 12.8 Å². The standard InChI is InChI=1S/C12H22N2O2/c15-11-4-2-1-3-10(11)14-12(16)8-13-7-9-5-6-9/h9-11,13,15H,1-8H2,(H,14,16)/t10-,11-/m1/s1. The second kappa shape index (κ2) is 5.64. The molecule has 0 unspecified atom stereocenters. The number of carbonyl (C=O) groups excluding carboxylic acids is 1. The van der Waals surface area contributed by atoms with Gasteiger partial charge in [0, 0.05) is 0 Å². The summed E-state index contributed by atoms with van der Waals surface area (Å²) in [6.07, 6.45) is 6.17. The Morgan fingerprint density at radius 2 is 1.94 bits per heavy atom. The minimum Gasteiger partial charge on any atom is -0.391 e. The number of carbonyl (C=O) groups is 1. The van der Waals surface area contributed by atoms with Crippen LogP contribution in [0.25, 0.3) is 0 Å². The first-order valence-electron chi connectivity index (χ1n) is 6.44. The third kappa shape index (κ3) is 3.76. The molecule has 2 aliphatic rings. The maximum absolute atomic E-state index is 11.6. The molecule has 0 saturated heterocycles. The van der Waals surface area contributed by atoms with Crippen LogP contribution in [0.2, 0.25) is 0 Å². The van der Waals surface area contributed by atoms with Crippen molar-refractivity contribution in [3.63, 3.8) is 0 Å². The molecular weight excluding hydrogens is 204 g/mol. The van der Waals surface area contributed by atoms with Gasteiger partial charge in [-0.05, 0) is 38.1 Å². The number of nitrogens with one attached hydrogen (secondary N) is 2. The lowest BCUT2D eigenvalue weighted by Gasteiger charge is -2.28. The highest BCUT2D eigenvalue weighted by molar-refractivity contribution is 5.78. The van der Waals surface area contributed by atoms with E-state index < -0.39 is 0 Å². The van der Waals surface area contributed by atoms with Crippen molar-refractivity contribution in [3.8, 4) is 0 Å². The number of hydrogen-bond acceptors (Lipinski definition) is 3. The molecule has 3 N–H and O–H groups in total. The van der Waals surface area contributed by atoms with Gasteiger partial charge in [0.2, 0.25) is 5.91 Å². The van der Waals surface area contributed by atoms with E-state index in [9.17, 15) is 9.90 Å². The Hall–Kier alpha value is -0.610. The average Bonchev–Trinajstić information content (AvgIpc) is 3.05. The highest BCUT2D eigenvalue weighted by atomic mass is 16.3. The fourth-order valence-corrected chi connectivity index (χ4v) is 2.25. The Morgan fingerprint density at radius 1 is 1.19 bits per heavy atom. The Kier molecular flexibility index (Phi) is 4.18. The Labute approximate surface area is 96.8 Å². The second-order valence-electron chi connectivity index (χ2n) is 5.10. The van der Waals surface area contributed by atoms with Crippen molar-refractivity contribution in [2.45, 2.75) is 50.7 Å². The summed E-state index contributed by atoms with van der Waals surface area (Å²) in [7, 11) is 0. The number of aliphatic hydroxyl groups excluding tert-OH is 1. The first kappa shape index (κ1) is 11.9. The molecule has 2 atom stereocenters. The van der Waals surface area contributed by atoms with E-state index in [-0.39, 0.29) is 18.1 Å². The number of hydrogen-bond donors (Lipinski definition) is 3. The third-order valence-corrected chi connectivity index (χ3v) is 3.49. The van der Waals surface area contributed by atoms with E-state index in [1.54, 1.807) is 0 Å². The molecule has 2 rings (SSSR count). The quantitative estimate of drug-likeness (QED) is 0.636. The van der Waals surface area contributed by atoms with Crippen LogP contribution in [0.1, 0.15) is 38.5 Å². The second-order valence-corrected chi connectivity index (χ2v) is 5.10. The lowest BCUT2D eigenvalue weighted by atomic mass is 9.92. The van der Waals surface area contributed by atoms with E-state index in [4.69, 9.17) is 0 Å². The maximum atomic E-state index is 11.6. The molecule has 2 aliphatic carbocycles. The normalized spacial score (nSPS) is 30.1. The molecule has 0 aliphatic heterocycles. The molecule has 2 fully saturated rings. The van der Waals surface area contributed by atoms with Crippen molar-refractivity contribution < 1.29 is 9.90 Å². The van der Waals surface area contributed by atoms with Gasteiger partial charge in [0.1, 0.15) is 0 Å². The summed E-state index contributed by atoms with van der Waals surface area (Å²) in [6, 6.07) is -0.0241. The zero-order valence-corrected chi connectivity index (χ0v) is 9.74. The predicted molar refractivity (Wildman–Crippen MR) is 62.0 cm³/mol. The summed E-state index contributed by atoms with van der Waals surface area (Å²) in [4.78, 5) is 11.6. The van der Waals surface area contributed by atoms with Crippen molar-refractivity contribution >= 4 is 5.91 Å². The molecule has 0 aromatic carbocycles. The molecule has 16 heavy (non-hydrogen) atoms. The summed E-state index contributed by atoms with van der Waals surface area (Å²) in [5.41, 5.74) is 0. The maximum Gasteiger partial charge on any atom is 0.234 e. The van der Waals surface area contributed by atoms with Crippen LogP contribution in [0, 0.1) is 5.92 Å². The first-order chi connectivity index (χ1) is 7.75. The molecule has 4 heteroatoms. The Bertz CT molecular complexity index is 241. The third-order valence-electron chi connectivity index (χ3n) is 3.49. The summed E-state index contributed by atoms with van der Waals surface area (Å²) in [5.74, 6) is 0.819. The minimum atomic E-state index is -0.346. The van der Waals surface area contributed by atoms with Crippen LogP contribution in [0.4, 0.5) is 0 Å². The van der Waals surface area contributed by atoms with E-state index in [0.29, 0.717) is 6.54 Å². The Balaban J connectivity index is 1.60. The summed E-state index contributed by atoms with van der Waals surface area (Å²) in [5, 5.41) is 15.8. The van der Waals surface area contributed by atoms with E-state index in [1.165, 1.54) is 12.8 Å². The van der Waals surface area contributed by atoms with E-state index >= 15 is 0 Å². The zero-order valence-electron chi connectivity index (χ0n) is 9.74. The lowest BCUT2D eigenvalue weighted by Crippen LogP contribution is -2.47. The average molecular weight is 226 g/mol. The molecule has 92 valence electrons. The van der Waals surface area contributed by atoms with Crippen LogP contribution in [-0.2, 0) is 4.79 Å². The van der Waals surface area contributed by atoms with E-state index in [0.717, 1.165) is 38.1 Å². The van der Waals surface area contributed by atoms with Gasteiger partial charge in [0.25, 0.3) is 0 Å². The van der Waals surface area contributed by atoms with Gasteiger partial charge in [0.15, 0.2) is 0 Å². The van der Waals surface area contributed by atoms with Gasteiger partial charge in [-0.15, -0.1) is 0 Å². The lowest BCUT2D eigenvalue weighted by molar-refractivity contribution is -0.122. The monoisotopic (exact) mass is 226 g/mol. The number of amides is 1. The van der Waals surface area contributed by atoms with Crippen molar-refractivity contribution in [1.82, 2.24) is 10.6 Å². The van der Waals surface area contributed by atoms with E-state index in [1.807, 2.05) is 0 Å². The van der Waals surface area contributed by atoms with Gasteiger partial charge in [-0.2, -0.15) is 0 Å². The molecule has 2 saturated carbocycles. The highest BCUT2D eigenvalue weighted by Crippen LogP contribution is 2.27. The molecule has 0 bridgehead atoms. The molecule has 0 aromatic rings. The van der Waals surface area contributed by atoms with Gasteiger partial charge >= 0.3 is 0 Å². The fourth-order valence-electron chi connectivity index (χ4n) is 2.25. The fraction of sp³-hybridized carbons (Fsp3) is 0.917. The number of aliphatic hydroxyl groups is 1. The van der Waals surface area contributed by atoms with E-state index in [2.05, 4.69) is 10.6 Å². The van der Waals surface area contributed by atoms with Crippen molar-refractivity contribution in [2.24, 2.45) is 5.92 Å². The van der Waals surface area contributed by atoms with Gasteiger partial charge in [0.05, 0.1) is 18.7 Å². The van der Waals surface area contributed by atoms with Gasteiger partial charge in [-0.25, -0.2) is 0 Å². The van der Waals surface area contributed by atoms with Gasteiger partial charge < -0.3 is 15.7 Å². The summed E-state index contributed by atoms with van der Waals surface area (Å²) < 4.78 is 0. The summed E-state index contributed by atoms with van der Waals surface area (Å²) in [6.45, 7) is 1.35. The van der Waals surface area contributed by atoms with Crippen LogP contribution in [0.5, 0.6) is 0 Å². The molecule has 0 spiro atoms. The largest absolute Gasteiger partial charge is 0.391 e. The van der Waals surface area contributed by atoms with Gasteiger partial charge in [-0.3, -0.25) is 4.79 Å². The molecule has 0 heterocycles. The van der Waals surface area contributed by atoms with Crippen LogP contribution in [-0.4, -0.2) is 36.2 Å². The van der Waals surface area contributed by atoms with Crippen LogP contribution in [0.15, 0.2) is 0 Å². The highest BCUT2D eigenvalue weighted by Gasteiger charge is 2.24. The molecular formula is C12H22N2O2. The smallest absolute Gasteiger partial charge is 0.234 e. The predicted octanol–water partition coefficient (Wildman–Crippen LogP) is 0.406. The van der Waals surface area contributed by atoms with Crippen LogP contribution < -0.4 is 10.6 Å².